The van der Waals surface area contributed by atoms with Crippen molar-refractivity contribution in [2.45, 2.75) is 11.5 Å². The number of hydrogen-bond donors (Lipinski definition) is 1. The second-order valence-electron chi connectivity index (χ2n) is 6.60. The van der Waals surface area contributed by atoms with E-state index in [2.05, 4.69) is 5.32 Å². The van der Waals surface area contributed by atoms with Crippen LogP contribution in [0.4, 0.5) is 11.4 Å². The fourth-order valence-corrected chi connectivity index (χ4v) is 3.51. The highest BCUT2D eigenvalue weighted by Crippen LogP contribution is 2.23. The number of nitro benzene ring substituents is 1. The first kappa shape index (κ1) is 22.3. The van der Waals surface area contributed by atoms with Crippen LogP contribution in [0.1, 0.15) is 15.9 Å². The summed E-state index contributed by atoms with van der Waals surface area (Å²) in [4.78, 5) is 22.6. The van der Waals surface area contributed by atoms with Gasteiger partial charge >= 0.3 is 0 Å². The molecule has 3 aromatic rings. The molecule has 0 heterocycles. The monoisotopic (exact) mass is 460 g/mol. The average molecular weight is 461 g/mol. The Labute approximate surface area is 183 Å². The molecular weight excluding hydrogens is 444 g/mol. The number of rotatable bonds is 7. The molecule has 0 unspecified atom stereocenters. The van der Waals surface area contributed by atoms with Crippen LogP contribution < -0.4 is 10.1 Å². The standard InChI is InChI=1S/C21H17ClN2O6S/c1-31(28,29)19-11-15(10-17(12-19)24(26)27)21(25)23-16-6-8-18(9-7-16)30-13-14-4-2-3-5-20(14)22/h2-12H,13H2,1H3,(H,23,25). The Morgan fingerprint density at radius 3 is 2.39 bits per heavy atom. The van der Waals surface area contributed by atoms with E-state index in [9.17, 15) is 23.3 Å². The predicted octanol–water partition coefficient (Wildman–Crippen LogP) is 4.48. The number of ether oxygens (including phenoxy) is 1. The number of halogens is 1. The normalized spacial score (nSPS) is 11.0. The molecule has 0 saturated carbocycles. The third kappa shape index (κ3) is 5.80. The molecule has 0 aliphatic rings. The van der Waals surface area contributed by atoms with E-state index in [0.717, 1.165) is 30.0 Å². The van der Waals surface area contributed by atoms with Crippen LogP contribution in [-0.4, -0.2) is 25.5 Å². The zero-order valence-electron chi connectivity index (χ0n) is 16.2. The lowest BCUT2D eigenvalue weighted by molar-refractivity contribution is -0.385. The van der Waals surface area contributed by atoms with Crippen molar-refractivity contribution in [2.75, 3.05) is 11.6 Å². The van der Waals surface area contributed by atoms with Gasteiger partial charge in [-0.3, -0.25) is 14.9 Å². The molecule has 1 amide bonds. The van der Waals surface area contributed by atoms with E-state index < -0.39 is 26.4 Å². The number of nitro groups is 1. The second kappa shape index (κ2) is 9.15. The molecule has 0 saturated heterocycles. The van der Waals surface area contributed by atoms with Gasteiger partial charge in [-0.15, -0.1) is 0 Å². The van der Waals surface area contributed by atoms with Crippen molar-refractivity contribution >= 4 is 38.7 Å². The summed E-state index contributed by atoms with van der Waals surface area (Å²) < 4.78 is 29.2. The Balaban J connectivity index is 1.73. The molecule has 0 aliphatic heterocycles. The van der Waals surface area contributed by atoms with Gasteiger partial charge in [-0.2, -0.15) is 0 Å². The number of amides is 1. The van der Waals surface area contributed by atoms with E-state index in [1.54, 1.807) is 30.3 Å². The van der Waals surface area contributed by atoms with Crippen LogP contribution in [0.15, 0.2) is 71.6 Å². The van der Waals surface area contributed by atoms with Crippen molar-refractivity contribution in [2.24, 2.45) is 0 Å². The van der Waals surface area contributed by atoms with Gasteiger partial charge < -0.3 is 10.1 Å². The molecule has 0 spiro atoms. The minimum Gasteiger partial charge on any atom is -0.489 e. The molecule has 3 aromatic carbocycles. The quantitative estimate of drug-likeness (QED) is 0.410. The van der Waals surface area contributed by atoms with Gasteiger partial charge in [0.15, 0.2) is 9.84 Å². The van der Waals surface area contributed by atoms with Crippen molar-refractivity contribution in [3.63, 3.8) is 0 Å². The molecule has 8 nitrogen and oxygen atoms in total. The van der Waals surface area contributed by atoms with Crippen LogP contribution in [-0.2, 0) is 16.4 Å². The minimum absolute atomic E-state index is 0.145. The van der Waals surface area contributed by atoms with Gasteiger partial charge in [0.1, 0.15) is 12.4 Å². The van der Waals surface area contributed by atoms with Gasteiger partial charge in [-0.05, 0) is 36.4 Å². The van der Waals surface area contributed by atoms with Gasteiger partial charge in [0.25, 0.3) is 11.6 Å². The molecule has 160 valence electrons. The van der Waals surface area contributed by atoms with Gasteiger partial charge in [-0.25, -0.2) is 8.42 Å². The van der Waals surface area contributed by atoms with E-state index >= 15 is 0 Å². The lowest BCUT2D eigenvalue weighted by atomic mass is 10.2. The summed E-state index contributed by atoms with van der Waals surface area (Å²) in [6.07, 6.45) is 0.912. The number of sulfone groups is 1. The topological polar surface area (TPSA) is 116 Å². The maximum atomic E-state index is 12.5. The summed E-state index contributed by atoms with van der Waals surface area (Å²) in [5.74, 6) is -0.133. The van der Waals surface area contributed by atoms with E-state index in [0.29, 0.717) is 16.5 Å². The predicted molar refractivity (Wildman–Crippen MR) is 116 cm³/mol. The average Bonchev–Trinajstić information content (AvgIpc) is 2.73. The highest BCUT2D eigenvalue weighted by Gasteiger charge is 2.19. The van der Waals surface area contributed by atoms with Crippen LogP contribution >= 0.6 is 11.6 Å². The Bertz CT molecular complexity index is 1240. The molecule has 0 aromatic heterocycles. The molecule has 0 atom stereocenters. The van der Waals surface area contributed by atoms with Crippen LogP contribution in [0.3, 0.4) is 0 Å². The van der Waals surface area contributed by atoms with Gasteiger partial charge in [-0.1, -0.05) is 29.8 Å². The molecule has 0 bridgehead atoms. The molecule has 0 radical (unpaired) electrons. The minimum atomic E-state index is -3.74. The van der Waals surface area contributed by atoms with Crippen molar-refractivity contribution in [1.82, 2.24) is 0 Å². The number of hydrogen-bond acceptors (Lipinski definition) is 6. The van der Waals surface area contributed by atoms with Crippen molar-refractivity contribution in [1.29, 1.82) is 0 Å². The maximum absolute atomic E-state index is 12.5. The second-order valence-corrected chi connectivity index (χ2v) is 9.03. The number of nitrogens with zero attached hydrogens (tertiary/aromatic N) is 1. The first-order valence-electron chi connectivity index (χ1n) is 8.90. The van der Waals surface area contributed by atoms with E-state index in [1.807, 2.05) is 18.2 Å². The zero-order chi connectivity index (χ0) is 22.6. The fourth-order valence-electron chi connectivity index (χ4n) is 2.65. The highest BCUT2D eigenvalue weighted by atomic mass is 35.5. The van der Waals surface area contributed by atoms with Crippen molar-refractivity contribution < 1.29 is 22.9 Å². The smallest absolute Gasteiger partial charge is 0.271 e. The van der Waals surface area contributed by atoms with E-state index in [-0.39, 0.29) is 17.1 Å². The highest BCUT2D eigenvalue weighted by molar-refractivity contribution is 7.90. The molecular formula is C21H17ClN2O6S. The van der Waals surface area contributed by atoms with Crippen LogP contribution in [0.2, 0.25) is 5.02 Å². The Morgan fingerprint density at radius 1 is 1.10 bits per heavy atom. The maximum Gasteiger partial charge on any atom is 0.271 e. The third-order valence-corrected chi connectivity index (χ3v) is 5.72. The largest absolute Gasteiger partial charge is 0.489 e. The molecule has 3 rings (SSSR count). The number of benzene rings is 3. The van der Waals surface area contributed by atoms with Gasteiger partial charge in [0.2, 0.25) is 0 Å². The van der Waals surface area contributed by atoms with E-state index in [1.165, 1.54) is 0 Å². The molecule has 31 heavy (non-hydrogen) atoms. The molecule has 1 N–H and O–H groups in total. The summed E-state index contributed by atoms with van der Waals surface area (Å²) in [7, 11) is -3.74. The van der Waals surface area contributed by atoms with E-state index in [4.69, 9.17) is 16.3 Å². The molecule has 0 fully saturated rings. The van der Waals surface area contributed by atoms with Crippen molar-refractivity contribution in [3.8, 4) is 5.75 Å². The first-order chi connectivity index (χ1) is 14.6. The Morgan fingerprint density at radius 2 is 1.77 bits per heavy atom. The lowest BCUT2D eigenvalue weighted by Gasteiger charge is -2.10. The van der Waals surface area contributed by atoms with Crippen LogP contribution in [0, 0.1) is 10.1 Å². The summed E-state index contributed by atoms with van der Waals surface area (Å²) >= 11 is 6.09. The molecule has 0 aliphatic carbocycles. The SMILES string of the molecule is CS(=O)(=O)c1cc(C(=O)Nc2ccc(OCc3ccccc3Cl)cc2)cc([N+](=O)[O-])c1. The van der Waals surface area contributed by atoms with Gasteiger partial charge in [0, 0.05) is 40.2 Å². The van der Waals surface area contributed by atoms with Gasteiger partial charge in [0.05, 0.1) is 9.82 Å². The number of nitrogens with one attached hydrogen (secondary N) is 1. The van der Waals surface area contributed by atoms with Crippen LogP contribution in [0.5, 0.6) is 5.75 Å². The summed E-state index contributed by atoms with van der Waals surface area (Å²) in [6, 6.07) is 16.8. The summed E-state index contributed by atoms with van der Waals surface area (Å²) in [5, 5.41) is 14.3. The Kier molecular flexibility index (Phi) is 6.57. The number of non-ortho nitro benzene ring substituents is 1. The molecule has 10 heteroatoms. The van der Waals surface area contributed by atoms with Crippen LogP contribution in [0.25, 0.3) is 0 Å². The summed E-state index contributed by atoms with van der Waals surface area (Å²) in [5.41, 5.74) is 0.599. The number of anilines is 1. The zero-order valence-corrected chi connectivity index (χ0v) is 17.8. The fraction of sp³-hybridized carbons (Fsp3) is 0.0952. The van der Waals surface area contributed by atoms with Crippen molar-refractivity contribution in [3.05, 3.63) is 93.0 Å². The Hall–Kier alpha value is -3.43. The first-order valence-corrected chi connectivity index (χ1v) is 11.2. The summed E-state index contributed by atoms with van der Waals surface area (Å²) in [6.45, 7) is 0.271. The third-order valence-electron chi connectivity index (χ3n) is 4.26. The lowest BCUT2D eigenvalue weighted by Crippen LogP contribution is -2.13. The number of carbonyl (C=O) groups is 1. The number of carbonyl (C=O) groups excluding carboxylic acids is 1.